The topological polar surface area (TPSA) is 48.4 Å². The fraction of sp³-hybridized carbons (Fsp3) is 0.0283. The Bertz CT molecular complexity index is 6070. The van der Waals surface area contributed by atoms with Crippen molar-refractivity contribution in [2.45, 2.75) is 13.0 Å². The number of nitrogens with zero attached hydrogens (tertiary/aromatic N) is 6. The molecule has 18 aromatic rings. The van der Waals surface area contributed by atoms with Crippen LogP contribution in [0.1, 0.15) is 12.5 Å². The number of hydrogen-bond donors (Lipinski definition) is 0. The molecule has 0 amide bonds. The van der Waals surface area contributed by atoms with Crippen LogP contribution in [0.5, 0.6) is 0 Å². The zero-order chi connectivity index (χ0) is 74.7. The van der Waals surface area contributed by atoms with Gasteiger partial charge in [-0.05, 0) is 238 Å². The van der Waals surface area contributed by atoms with Crippen molar-refractivity contribution < 1.29 is 0 Å². The summed E-state index contributed by atoms with van der Waals surface area (Å²) < 4.78 is 0. The Morgan fingerprint density at radius 1 is 0.214 bits per heavy atom. The van der Waals surface area contributed by atoms with Gasteiger partial charge in [0.15, 0.2) is 17.5 Å². The van der Waals surface area contributed by atoms with Crippen LogP contribution < -0.4 is 14.7 Å². The van der Waals surface area contributed by atoms with Crippen LogP contribution in [0.2, 0.25) is 0 Å². The number of anilines is 8. The first-order chi connectivity index (χ1) is 55.4. The van der Waals surface area contributed by atoms with Gasteiger partial charge in [-0.15, -0.1) is 0 Å². The molecule has 0 N–H and O–H groups in total. The molecule has 0 radical (unpaired) electrons. The van der Waals surface area contributed by atoms with E-state index >= 15 is 0 Å². The summed E-state index contributed by atoms with van der Waals surface area (Å²) in [5, 5.41) is 7.07. The molecular weight excluding hydrogens is 1360 g/mol. The highest BCUT2D eigenvalue weighted by Gasteiger charge is 2.28. The van der Waals surface area contributed by atoms with Gasteiger partial charge in [0, 0.05) is 62.2 Å². The lowest BCUT2D eigenvalue weighted by atomic mass is 9.84. The third-order valence-electron chi connectivity index (χ3n) is 21.7. The predicted octanol–water partition coefficient (Wildman–Crippen LogP) is 28.4. The Hall–Kier alpha value is -14.6. The number of para-hydroxylation sites is 6. The fourth-order valence-electron chi connectivity index (χ4n) is 16.1. The molecule has 0 saturated carbocycles. The smallest absolute Gasteiger partial charge is 0.164 e. The molecule has 0 aliphatic heterocycles. The van der Waals surface area contributed by atoms with Crippen molar-refractivity contribution in [1.82, 2.24) is 15.0 Å². The Morgan fingerprint density at radius 3 is 0.696 bits per heavy atom. The molecular formula is C106H76N6. The molecule has 1 aliphatic carbocycles. The fourth-order valence-corrected chi connectivity index (χ4v) is 16.1. The van der Waals surface area contributed by atoms with E-state index in [0.29, 0.717) is 17.5 Å². The van der Waals surface area contributed by atoms with Crippen LogP contribution in [-0.2, 0) is 0 Å². The minimum absolute atomic E-state index is 0.0958. The molecule has 6 nitrogen and oxygen atoms in total. The van der Waals surface area contributed by atoms with Crippen LogP contribution in [0.3, 0.4) is 0 Å². The van der Waals surface area contributed by atoms with E-state index in [4.69, 9.17) is 15.0 Å². The number of hydrogen-bond acceptors (Lipinski definition) is 6. The first-order valence-electron chi connectivity index (χ1n) is 38.4. The lowest BCUT2D eigenvalue weighted by Gasteiger charge is -2.37. The SMILES string of the molecule is CC1C=C(c2cc3ccccc3cc2-c2ccc(-c3nc(-c4ccc(-c5cc6ccccc6cc5-c5ccc(N(c6ccccc6)c6ccccc6)cc5)cc4)nc(-c4ccc(-c5cc6ccccc6cc5-c5ccc(N(c6ccccc6)c6ccccc6)cc5)cc4)n3)cc2)C=CC1N(c1ccccc1)c1ccccc1. The molecule has 1 aliphatic rings. The average Bonchev–Trinajstić information content (AvgIpc) is 0.772. The zero-order valence-corrected chi connectivity index (χ0v) is 61.8. The van der Waals surface area contributed by atoms with Crippen LogP contribution in [-0.4, -0.2) is 21.0 Å². The summed E-state index contributed by atoms with van der Waals surface area (Å²) in [5.41, 5.74) is 25.1. The number of allylic oxidation sites excluding steroid dienone is 2. The molecule has 2 atom stereocenters. The normalized spacial score (nSPS) is 13.2. The lowest BCUT2D eigenvalue weighted by molar-refractivity contribution is 0.611. The van der Waals surface area contributed by atoms with E-state index in [-0.39, 0.29) is 12.0 Å². The van der Waals surface area contributed by atoms with Crippen molar-refractivity contribution in [3.8, 4) is 89.8 Å². The van der Waals surface area contributed by atoms with E-state index in [1.165, 1.54) is 43.5 Å². The van der Waals surface area contributed by atoms with Crippen LogP contribution in [0.15, 0.2) is 431 Å². The van der Waals surface area contributed by atoms with Gasteiger partial charge in [0.05, 0.1) is 6.04 Å². The molecule has 0 bridgehead atoms. The second-order valence-corrected chi connectivity index (χ2v) is 28.8. The quantitative estimate of drug-likeness (QED) is 0.0853. The summed E-state index contributed by atoms with van der Waals surface area (Å²) in [7, 11) is 0. The summed E-state index contributed by atoms with van der Waals surface area (Å²) in [6, 6.07) is 148. The molecule has 0 saturated heterocycles. The lowest BCUT2D eigenvalue weighted by Crippen LogP contribution is -2.35. The van der Waals surface area contributed by atoms with Gasteiger partial charge in [0.2, 0.25) is 0 Å². The van der Waals surface area contributed by atoms with Crippen LogP contribution in [0, 0.1) is 5.92 Å². The van der Waals surface area contributed by atoms with Gasteiger partial charge in [-0.1, -0.05) is 304 Å². The molecule has 0 spiro atoms. The van der Waals surface area contributed by atoms with E-state index in [2.05, 4.69) is 452 Å². The number of aromatic nitrogens is 3. The molecule has 530 valence electrons. The van der Waals surface area contributed by atoms with Crippen molar-refractivity contribution >= 4 is 83.4 Å². The van der Waals surface area contributed by atoms with E-state index in [1.54, 1.807) is 0 Å². The zero-order valence-electron chi connectivity index (χ0n) is 61.8. The summed E-state index contributed by atoms with van der Waals surface area (Å²) in [5.74, 6) is 1.91. The van der Waals surface area contributed by atoms with Crippen LogP contribution in [0.25, 0.3) is 128 Å². The predicted molar refractivity (Wildman–Crippen MR) is 470 cm³/mol. The average molecular weight is 1430 g/mol. The van der Waals surface area contributed by atoms with Gasteiger partial charge in [-0.2, -0.15) is 0 Å². The molecule has 17 aromatic carbocycles. The maximum absolute atomic E-state index is 5.42. The van der Waals surface area contributed by atoms with Gasteiger partial charge in [-0.3, -0.25) is 0 Å². The molecule has 112 heavy (non-hydrogen) atoms. The summed E-state index contributed by atoms with van der Waals surface area (Å²) in [4.78, 5) is 23.3. The van der Waals surface area contributed by atoms with Crippen LogP contribution in [0.4, 0.5) is 45.5 Å². The molecule has 0 fully saturated rings. The Morgan fingerprint density at radius 2 is 0.429 bits per heavy atom. The second kappa shape index (κ2) is 30.2. The summed E-state index contributed by atoms with van der Waals surface area (Å²) >= 11 is 0. The second-order valence-electron chi connectivity index (χ2n) is 28.8. The van der Waals surface area contributed by atoms with Gasteiger partial charge < -0.3 is 14.7 Å². The van der Waals surface area contributed by atoms with E-state index in [1.807, 2.05) is 0 Å². The van der Waals surface area contributed by atoms with Crippen molar-refractivity contribution in [2.75, 3.05) is 14.7 Å². The van der Waals surface area contributed by atoms with Crippen molar-refractivity contribution in [3.05, 3.63) is 436 Å². The highest BCUT2D eigenvalue weighted by atomic mass is 15.2. The largest absolute Gasteiger partial charge is 0.334 e. The minimum atomic E-state index is 0.0958. The van der Waals surface area contributed by atoms with E-state index in [9.17, 15) is 0 Å². The minimum Gasteiger partial charge on any atom is -0.334 e. The first-order valence-corrected chi connectivity index (χ1v) is 38.4. The third-order valence-corrected chi connectivity index (χ3v) is 21.7. The first kappa shape index (κ1) is 68.0. The van der Waals surface area contributed by atoms with Crippen LogP contribution >= 0.6 is 0 Å². The highest BCUT2D eigenvalue weighted by Crippen LogP contribution is 2.45. The Labute approximate surface area is 653 Å². The molecule has 2 unspecified atom stereocenters. The molecule has 1 heterocycles. The van der Waals surface area contributed by atoms with Crippen molar-refractivity contribution in [1.29, 1.82) is 0 Å². The van der Waals surface area contributed by atoms with E-state index in [0.717, 1.165) is 118 Å². The maximum atomic E-state index is 5.42. The number of fused-ring (bicyclic) bond motifs is 3. The molecule has 1 aromatic heterocycles. The molecule has 6 heteroatoms. The highest BCUT2D eigenvalue weighted by molar-refractivity contribution is 6.00. The van der Waals surface area contributed by atoms with E-state index < -0.39 is 0 Å². The van der Waals surface area contributed by atoms with Crippen molar-refractivity contribution in [3.63, 3.8) is 0 Å². The molecule has 19 rings (SSSR count). The Kier molecular flexibility index (Phi) is 18.3. The third kappa shape index (κ3) is 13.7. The van der Waals surface area contributed by atoms with Gasteiger partial charge in [0.25, 0.3) is 0 Å². The maximum Gasteiger partial charge on any atom is 0.164 e. The van der Waals surface area contributed by atoms with Crippen molar-refractivity contribution in [2.24, 2.45) is 5.92 Å². The number of benzene rings is 17. The monoisotopic (exact) mass is 1430 g/mol. The summed E-state index contributed by atoms with van der Waals surface area (Å²) in [6.07, 6.45) is 7.17. The van der Waals surface area contributed by atoms with Gasteiger partial charge in [-0.25, -0.2) is 15.0 Å². The van der Waals surface area contributed by atoms with Gasteiger partial charge >= 0.3 is 0 Å². The number of rotatable bonds is 18. The van der Waals surface area contributed by atoms with Gasteiger partial charge in [0.1, 0.15) is 0 Å². The summed E-state index contributed by atoms with van der Waals surface area (Å²) in [6.45, 7) is 2.34. The Balaban J connectivity index is 0.694. The standard InChI is InChI=1S/C106H76N6/c1-73-66-88(60-65-103(73)112(93-40-16-6-17-41-93)94-42-18-7-19-43-94)102-72-87-31-25-24-30-86(87)71-101(102)76-48-54-81(55-49-76)106-108-104(79-50-44-74(45-51-79)97-67-82-26-20-22-28-84(82)69-99(97)77-56-61-95(62-57-77)110(89-32-8-2-9-33-89)90-34-10-3-11-35-90)107-105(109-106)80-52-46-75(47-53-80)98-68-83-27-21-23-29-85(83)70-100(98)78-58-63-96(64-59-78)111(91-36-12-4-13-37-91)92-38-14-5-15-39-92/h2-73,103H,1H3.